The Morgan fingerprint density at radius 2 is 2.00 bits per heavy atom. The van der Waals surface area contributed by atoms with Crippen LogP contribution in [0.1, 0.15) is 34.5 Å². The zero-order chi connectivity index (χ0) is 19.9. The van der Waals surface area contributed by atoms with Crippen LogP contribution in [0.15, 0.2) is 35.3 Å². The third kappa shape index (κ3) is 7.22. The number of rotatable bonds is 7. The van der Waals surface area contributed by atoms with E-state index < -0.39 is 0 Å². The van der Waals surface area contributed by atoms with Crippen molar-refractivity contribution in [1.82, 2.24) is 20.5 Å². The summed E-state index contributed by atoms with van der Waals surface area (Å²) in [6.45, 7) is 10.5. The van der Waals surface area contributed by atoms with Crippen LogP contribution in [0.25, 0.3) is 0 Å². The molecule has 2 atom stereocenters. The lowest BCUT2D eigenvalue weighted by Crippen LogP contribution is -2.41. The average Bonchev–Trinajstić information content (AvgIpc) is 3.20. The summed E-state index contributed by atoms with van der Waals surface area (Å²) >= 11 is 1.79. The van der Waals surface area contributed by atoms with Crippen LogP contribution in [0.5, 0.6) is 0 Å². The fourth-order valence-electron chi connectivity index (χ4n) is 3.80. The fraction of sp³-hybridized carbons (Fsp3) is 0.545. The summed E-state index contributed by atoms with van der Waals surface area (Å²) in [5, 5.41) is 8.13. The number of aliphatic imine (C=N–C) groups is 1. The number of benzene rings is 1. The van der Waals surface area contributed by atoms with Crippen molar-refractivity contribution >= 4 is 41.3 Å². The molecule has 1 aromatic carbocycles. The first-order chi connectivity index (χ1) is 13.5. The molecule has 2 N–H and O–H groups in total. The summed E-state index contributed by atoms with van der Waals surface area (Å²) in [6.07, 6.45) is 2.17. The third-order valence-corrected chi connectivity index (χ3v) is 6.64. The van der Waals surface area contributed by atoms with Crippen LogP contribution < -0.4 is 10.6 Å². The number of nitrogens with one attached hydrogen (secondary N) is 2. The molecule has 0 radical (unpaired) electrons. The van der Waals surface area contributed by atoms with E-state index in [0.29, 0.717) is 12.0 Å². The maximum absolute atomic E-state index is 4.61. The summed E-state index contributed by atoms with van der Waals surface area (Å²) in [6, 6.07) is 11.4. The molecular weight excluding hydrogens is 493 g/mol. The lowest BCUT2D eigenvalue weighted by atomic mass is 10.1. The SMILES string of the molecule is CN=C(NCCc1nc(C)c(C)s1)NCC1CC(C)N(Cc2ccccc2)C1.I. The molecule has 2 unspecified atom stereocenters. The molecule has 29 heavy (non-hydrogen) atoms. The van der Waals surface area contributed by atoms with Gasteiger partial charge in [0.25, 0.3) is 0 Å². The van der Waals surface area contributed by atoms with E-state index in [1.165, 1.54) is 21.9 Å². The van der Waals surface area contributed by atoms with Gasteiger partial charge in [0.05, 0.1) is 10.7 Å². The second kappa shape index (κ2) is 11.9. The van der Waals surface area contributed by atoms with E-state index in [1.807, 2.05) is 7.05 Å². The molecule has 1 aromatic heterocycles. The van der Waals surface area contributed by atoms with Gasteiger partial charge in [-0.2, -0.15) is 0 Å². The van der Waals surface area contributed by atoms with Gasteiger partial charge >= 0.3 is 0 Å². The lowest BCUT2D eigenvalue weighted by Gasteiger charge is -2.21. The van der Waals surface area contributed by atoms with E-state index in [0.717, 1.165) is 44.3 Å². The lowest BCUT2D eigenvalue weighted by molar-refractivity contribution is 0.255. The Hall–Kier alpha value is -1.19. The Labute approximate surface area is 196 Å². The predicted octanol–water partition coefficient (Wildman–Crippen LogP) is 4.00. The molecule has 2 aromatic rings. The number of aromatic nitrogens is 1. The van der Waals surface area contributed by atoms with Crippen molar-refractivity contribution in [3.8, 4) is 0 Å². The first kappa shape index (κ1) is 24.1. The Morgan fingerprint density at radius 3 is 2.66 bits per heavy atom. The van der Waals surface area contributed by atoms with Crippen LogP contribution in [-0.4, -0.2) is 48.6 Å². The molecule has 3 rings (SSSR count). The van der Waals surface area contributed by atoms with Gasteiger partial charge in [-0.3, -0.25) is 9.89 Å². The number of halogens is 1. The molecule has 0 amide bonds. The molecule has 0 bridgehead atoms. The Morgan fingerprint density at radius 1 is 1.24 bits per heavy atom. The molecule has 0 saturated carbocycles. The Bertz CT molecular complexity index is 757. The largest absolute Gasteiger partial charge is 0.356 e. The van der Waals surface area contributed by atoms with E-state index in [1.54, 1.807) is 11.3 Å². The van der Waals surface area contributed by atoms with Gasteiger partial charge in [-0.25, -0.2) is 4.98 Å². The molecule has 1 saturated heterocycles. The highest BCUT2D eigenvalue weighted by molar-refractivity contribution is 14.0. The number of aryl methyl sites for hydroxylation is 2. The highest BCUT2D eigenvalue weighted by atomic mass is 127. The average molecular weight is 528 g/mol. The molecule has 160 valence electrons. The van der Waals surface area contributed by atoms with Gasteiger partial charge < -0.3 is 10.6 Å². The topological polar surface area (TPSA) is 52.6 Å². The minimum Gasteiger partial charge on any atom is -0.356 e. The molecule has 0 spiro atoms. The highest BCUT2D eigenvalue weighted by Gasteiger charge is 2.28. The Kier molecular flexibility index (Phi) is 9.85. The van der Waals surface area contributed by atoms with Crippen LogP contribution in [-0.2, 0) is 13.0 Å². The fourth-order valence-corrected chi connectivity index (χ4v) is 4.73. The number of hydrogen-bond acceptors (Lipinski definition) is 4. The van der Waals surface area contributed by atoms with E-state index in [-0.39, 0.29) is 24.0 Å². The van der Waals surface area contributed by atoms with Crippen LogP contribution >= 0.6 is 35.3 Å². The van der Waals surface area contributed by atoms with Gasteiger partial charge in [0, 0.05) is 50.6 Å². The van der Waals surface area contributed by atoms with Crippen LogP contribution in [0.2, 0.25) is 0 Å². The number of hydrogen-bond donors (Lipinski definition) is 2. The second-order valence-electron chi connectivity index (χ2n) is 7.74. The first-order valence-electron chi connectivity index (χ1n) is 10.2. The number of guanidine groups is 1. The normalized spacial score (nSPS) is 19.8. The van der Waals surface area contributed by atoms with E-state index in [4.69, 9.17) is 0 Å². The van der Waals surface area contributed by atoms with Gasteiger partial charge in [-0.05, 0) is 38.7 Å². The predicted molar refractivity (Wildman–Crippen MR) is 134 cm³/mol. The van der Waals surface area contributed by atoms with Crippen LogP contribution in [0, 0.1) is 19.8 Å². The van der Waals surface area contributed by atoms with Crippen molar-refractivity contribution in [2.75, 3.05) is 26.7 Å². The summed E-state index contributed by atoms with van der Waals surface area (Å²) in [4.78, 5) is 12.9. The van der Waals surface area contributed by atoms with Crippen molar-refractivity contribution in [1.29, 1.82) is 0 Å². The van der Waals surface area contributed by atoms with Gasteiger partial charge in [0.15, 0.2) is 5.96 Å². The maximum atomic E-state index is 4.61. The standard InChI is InChI=1S/C22H33N5S.HI/c1-16-12-20(15-27(16)14-19-8-6-5-7-9-19)13-25-22(23-4)24-11-10-21-26-17(2)18(3)28-21;/h5-9,16,20H,10-15H2,1-4H3,(H2,23,24,25);1H. The van der Waals surface area contributed by atoms with Crippen molar-refractivity contribution in [3.63, 3.8) is 0 Å². The van der Waals surface area contributed by atoms with Crippen molar-refractivity contribution in [3.05, 3.63) is 51.5 Å². The van der Waals surface area contributed by atoms with E-state index in [9.17, 15) is 0 Å². The molecule has 7 heteroatoms. The molecular formula is C22H34IN5S. The van der Waals surface area contributed by atoms with Crippen molar-refractivity contribution < 1.29 is 0 Å². The second-order valence-corrected chi connectivity index (χ2v) is 9.03. The monoisotopic (exact) mass is 527 g/mol. The number of likely N-dealkylation sites (tertiary alicyclic amines) is 1. The van der Waals surface area contributed by atoms with Crippen molar-refractivity contribution in [2.24, 2.45) is 10.9 Å². The zero-order valence-electron chi connectivity index (χ0n) is 17.9. The molecule has 1 fully saturated rings. The summed E-state index contributed by atoms with van der Waals surface area (Å²) in [7, 11) is 1.84. The minimum absolute atomic E-state index is 0. The molecule has 1 aliphatic rings. The summed E-state index contributed by atoms with van der Waals surface area (Å²) in [5.41, 5.74) is 2.55. The summed E-state index contributed by atoms with van der Waals surface area (Å²) in [5.74, 6) is 1.54. The van der Waals surface area contributed by atoms with E-state index in [2.05, 4.69) is 76.6 Å². The summed E-state index contributed by atoms with van der Waals surface area (Å²) < 4.78 is 0. The molecule has 1 aliphatic heterocycles. The van der Waals surface area contributed by atoms with Crippen LogP contribution in [0.4, 0.5) is 0 Å². The van der Waals surface area contributed by atoms with Gasteiger partial charge in [-0.15, -0.1) is 35.3 Å². The smallest absolute Gasteiger partial charge is 0.191 e. The molecule has 0 aliphatic carbocycles. The maximum Gasteiger partial charge on any atom is 0.191 e. The van der Waals surface area contributed by atoms with Crippen molar-refractivity contribution in [2.45, 2.75) is 46.2 Å². The van der Waals surface area contributed by atoms with E-state index >= 15 is 0 Å². The molecule has 5 nitrogen and oxygen atoms in total. The molecule has 2 heterocycles. The third-order valence-electron chi connectivity index (χ3n) is 5.50. The van der Waals surface area contributed by atoms with Gasteiger partial charge in [-0.1, -0.05) is 30.3 Å². The quantitative estimate of drug-likeness (QED) is 0.325. The number of nitrogens with zero attached hydrogens (tertiary/aromatic N) is 3. The van der Waals surface area contributed by atoms with Gasteiger partial charge in [0.2, 0.25) is 0 Å². The van der Waals surface area contributed by atoms with Gasteiger partial charge in [0.1, 0.15) is 0 Å². The highest BCUT2D eigenvalue weighted by Crippen LogP contribution is 2.24. The zero-order valence-corrected chi connectivity index (χ0v) is 21.1. The first-order valence-corrected chi connectivity index (χ1v) is 11.0. The number of thiazole rings is 1. The van der Waals surface area contributed by atoms with Crippen LogP contribution in [0.3, 0.4) is 0 Å². The Balaban J connectivity index is 0.00000300. The minimum atomic E-state index is 0.